The third-order valence-electron chi connectivity index (χ3n) is 2.80. The molecule has 1 aromatic rings. The first-order chi connectivity index (χ1) is 6.76. The summed E-state index contributed by atoms with van der Waals surface area (Å²) in [5.41, 5.74) is 2.93. The molecular weight excluding hydrogens is 168 g/mol. The number of benzene rings is 1. The van der Waals surface area contributed by atoms with E-state index in [1.807, 2.05) is 0 Å². The van der Waals surface area contributed by atoms with Gasteiger partial charge in [-0.15, -0.1) is 0 Å². The summed E-state index contributed by atoms with van der Waals surface area (Å²) < 4.78 is 0. The van der Waals surface area contributed by atoms with Crippen molar-refractivity contribution in [1.29, 1.82) is 0 Å². The van der Waals surface area contributed by atoms with Crippen molar-refractivity contribution in [2.45, 2.75) is 46.5 Å². The molecule has 0 aliphatic rings. The van der Waals surface area contributed by atoms with Crippen molar-refractivity contribution in [3.63, 3.8) is 0 Å². The molecule has 0 saturated heterocycles. The van der Waals surface area contributed by atoms with E-state index < -0.39 is 0 Å². The summed E-state index contributed by atoms with van der Waals surface area (Å²) in [6, 6.07) is 9.08. The summed E-state index contributed by atoms with van der Waals surface area (Å²) in [6.07, 6.45) is 5.02. The van der Waals surface area contributed by atoms with Gasteiger partial charge in [0.05, 0.1) is 0 Å². The monoisotopic (exact) mass is 190 g/mol. The molecule has 0 amide bonds. The third-order valence-corrected chi connectivity index (χ3v) is 2.80. The number of hydrogen-bond donors (Lipinski definition) is 0. The van der Waals surface area contributed by atoms with Gasteiger partial charge in [0.25, 0.3) is 0 Å². The van der Waals surface area contributed by atoms with Gasteiger partial charge in [-0.2, -0.15) is 0 Å². The Bertz CT molecular complexity index is 245. The van der Waals surface area contributed by atoms with Crippen LogP contribution in [0.4, 0.5) is 0 Å². The molecule has 0 aliphatic heterocycles. The lowest BCUT2D eigenvalue weighted by atomic mass is 9.96. The van der Waals surface area contributed by atoms with Gasteiger partial charge in [0.1, 0.15) is 0 Å². The molecule has 1 atom stereocenters. The first-order valence-corrected chi connectivity index (χ1v) is 5.84. The molecule has 0 saturated carbocycles. The van der Waals surface area contributed by atoms with Crippen LogP contribution >= 0.6 is 0 Å². The maximum atomic E-state index is 2.34. The van der Waals surface area contributed by atoms with Crippen LogP contribution in [0.5, 0.6) is 0 Å². The van der Waals surface area contributed by atoms with E-state index in [0.29, 0.717) is 0 Å². The lowest BCUT2D eigenvalue weighted by molar-refractivity contribution is 0.522. The Kier molecular flexibility index (Phi) is 4.72. The van der Waals surface area contributed by atoms with Crippen LogP contribution in [-0.2, 0) is 12.8 Å². The molecule has 1 aromatic carbocycles. The van der Waals surface area contributed by atoms with Crippen LogP contribution in [0.3, 0.4) is 0 Å². The van der Waals surface area contributed by atoms with E-state index in [1.54, 1.807) is 0 Å². The minimum absolute atomic E-state index is 0.826. The summed E-state index contributed by atoms with van der Waals surface area (Å²) in [4.78, 5) is 0. The first-order valence-electron chi connectivity index (χ1n) is 5.84. The molecule has 0 fully saturated rings. The Morgan fingerprint density at radius 2 is 1.57 bits per heavy atom. The Balaban J connectivity index is 2.50. The van der Waals surface area contributed by atoms with Crippen molar-refractivity contribution in [2.75, 3.05) is 0 Å². The van der Waals surface area contributed by atoms with E-state index >= 15 is 0 Å². The van der Waals surface area contributed by atoms with Gasteiger partial charge in [-0.25, -0.2) is 0 Å². The van der Waals surface area contributed by atoms with E-state index in [1.165, 1.54) is 30.4 Å². The van der Waals surface area contributed by atoms with Crippen molar-refractivity contribution >= 4 is 0 Å². The van der Waals surface area contributed by atoms with Crippen LogP contribution in [0.15, 0.2) is 24.3 Å². The van der Waals surface area contributed by atoms with E-state index in [-0.39, 0.29) is 0 Å². The average molecular weight is 190 g/mol. The summed E-state index contributed by atoms with van der Waals surface area (Å²) in [7, 11) is 0. The highest BCUT2D eigenvalue weighted by Gasteiger charge is 2.01. The second kappa shape index (κ2) is 5.85. The van der Waals surface area contributed by atoms with E-state index in [9.17, 15) is 0 Å². The van der Waals surface area contributed by atoms with Crippen molar-refractivity contribution in [3.05, 3.63) is 35.4 Å². The number of rotatable bonds is 5. The zero-order valence-corrected chi connectivity index (χ0v) is 9.72. The molecule has 78 valence electrons. The Labute approximate surface area is 88.4 Å². The maximum absolute atomic E-state index is 2.34. The lowest BCUT2D eigenvalue weighted by Gasteiger charge is -2.10. The molecule has 1 rings (SSSR count). The molecule has 1 unspecified atom stereocenters. The van der Waals surface area contributed by atoms with Crippen molar-refractivity contribution in [2.24, 2.45) is 5.92 Å². The maximum Gasteiger partial charge on any atom is -0.0253 e. The minimum atomic E-state index is 0.826. The van der Waals surface area contributed by atoms with E-state index in [4.69, 9.17) is 0 Å². The fourth-order valence-corrected chi connectivity index (χ4v) is 1.91. The summed E-state index contributed by atoms with van der Waals surface area (Å²) in [6.45, 7) is 6.81. The fourth-order valence-electron chi connectivity index (χ4n) is 1.91. The predicted octanol–water partition coefficient (Wildman–Crippen LogP) is 4.23. The highest BCUT2D eigenvalue weighted by atomic mass is 14.1. The van der Waals surface area contributed by atoms with Crippen molar-refractivity contribution in [3.8, 4) is 0 Å². The molecule has 0 N–H and O–H groups in total. The summed E-state index contributed by atoms with van der Waals surface area (Å²) >= 11 is 0. The highest BCUT2D eigenvalue weighted by molar-refractivity contribution is 5.22. The zero-order chi connectivity index (χ0) is 10.4. The molecule has 0 spiro atoms. The normalized spacial score (nSPS) is 12.8. The summed E-state index contributed by atoms with van der Waals surface area (Å²) in [5, 5.41) is 0. The average Bonchev–Trinajstić information content (AvgIpc) is 2.19. The SMILES string of the molecule is CCCC(C)Cc1ccc(CC)cc1. The van der Waals surface area contributed by atoms with Gasteiger partial charge in [-0.1, -0.05) is 57.9 Å². The van der Waals surface area contributed by atoms with E-state index in [2.05, 4.69) is 45.0 Å². The lowest BCUT2D eigenvalue weighted by Crippen LogP contribution is -1.99. The van der Waals surface area contributed by atoms with Crippen LogP contribution in [-0.4, -0.2) is 0 Å². The van der Waals surface area contributed by atoms with Gasteiger partial charge in [-0.05, 0) is 29.9 Å². The second-order valence-electron chi connectivity index (χ2n) is 4.27. The second-order valence-corrected chi connectivity index (χ2v) is 4.27. The van der Waals surface area contributed by atoms with Gasteiger partial charge in [0, 0.05) is 0 Å². The molecule has 0 heteroatoms. The zero-order valence-electron chi connectivity index (χ0n) is 9.72. The van der Waals surface area contributed by atoms with Crippen LogP contribution in [0.25, 0.3) is 0 Å². The van der Waals surface area contributed by atoms with Crippen LogP contribution in [0, 0.1) is 5.92 Å². The van der Waals surface area contributed by atoms with Crippen LogP contribution in [0.1, 0.15) is 44.7 Å². The first kappa shape index (κ1) is 11.3. The molecule has 0 aliphatic carbocycles. The highest BCUT2D eigenvalue weighted by Crippen LogP contribution is 2.14. The molecule has 0 radical (unpaired) electrons. The minimum Gasteiger partial charge on any atom is -0.0654 e. The van der Waals surface area contributed by atoms with Crippen LogP contribution < -0.4 is 0 Å². The largest absolute Gasteiger partial charge is 0.0654 e. The molecular formula is C14H22. The van der Waals surface area contributed by atoms with Crippen molar-refractivity contribution < 1.29 is 0 Å². The number of aryl methyl sites for hydroxylation is 1. The quantitative estimate of drug-likeness (QED) is 0.652. The third kappa shape index (κ3) is 3.53. The molecule has 0 bridgehead atoms. The Hall–Kier alpha value is -0.780. The summed E-state index contributed by atoms with van der Waals surface area (Å²) in [5.74, 6) is 0.826. The van der Waals surface area contributed by atoms with Gasteiger partial charge >= 0.3 is 0 Å². The molecule has 0 nitrogen and oxygen atoms in total. The topological polar surface area (TPSA) is 0 Å². The number of hydrogen-bond acceptors (Lipinski definition) is 0. The molecule has 0 aromatic heterocycles. The fraction of sp³-hybridized carbons (Fsp3) is 0.571. The van der Waals surface area contributed by atoms with Crippen LogP contribution in [0.2, 0.25) is 0 Å². The molecule has 0 heterocycles. The van der Waals surface area contributed by atoms with Crippen molar-refractivity contribution in [1.82, 2.24) is 0 Å². The van der Waals surface area contributed by atoms with Gasteiger partial charge < -0.3 is 0 Å². The van der Waals surface area contributed by atoms with Gasteiger partial charge in [0.2, 0.25) is 0 Å². The standard InChI is InChI=1S/C14H22/c1-4-6-12(3)11-14-9-7-13(5-2)8-10-14/h7-10,12H,4-6,11H2,1-3H3. The smallest absolute Gasteiger partial charge is 0.0253 e. The predicted molar refractivity (Wildman–Crippen MR) is 63.6 cm³/mol. The molecule has 14 heavy (non-hydrogen) atoms. The van der Waals surface area contributed by atoms with E-state index in [0.717, 1.165) is 12.3 Å². The van der Waals surface area contributed by atoms with Gasteiger partial charge in [0.15, 0.2) is 0 Å². The Morgan fingerprint density at radius 3 is 2.07 bits per heavy atom. The van der Waals surface area contributed by atoms with Gasteiger partial charge in [-0.3, -0.25) is 0 Å². The Morgan fingerprint density at radius 1 is 1.00 bits per heavy atom.